The normalized spacial score (nSPS) is 18.8. The molecule has 3 rings (SSSR count). The second kappa shape index (κ2) is 8.42. The van der Waals surface area contributed by atoms with Crippen molar-refractivity contribution in [2.45, 2.75) is 25.1 Å². The van der Waals surface area contributed by atoms with Gasteiger partial charge >= 0.3 is 6.18 Å². The highest BCUT2D eigenvalue weighted by Crippen LogP contribution is 2.34. The van der Waals surface area contributed by atoms with E-state index in [1.807, 2.05) is 0 Å². The van der Waals surface area contributed by atoms with Gasteiger partial charge in [0.15, 0.2) is 17.6 Å². The SMILES string of the molecule is C[C@@]1(c2cc(CC(=O)c3cnc(OCC(F)(F)F)cn3)ccc2F)C=CSC(N)=N1. The van der Waals surface area contributed by atoms with E-state index in [9.17, 15) is 22.4 Å². The first-order valence-corrected chi connectivity index (χ1v) is 9.47. The number of carbonyl (C=O) groups is 1. The summed E-state index contributed by atoms with van der Waals surface area (Å²) in [6.45, 7) is 0.192. The van der Waals surface area contributed by atoms with E-state index in [2.05, 4.69) is 19.7 Å². The van der Waals surface area contributed by atoms with E-state index in [1.54, 1.807) is 18.4 Å². The van der Waals surface area contributed by atoms with Crippen molar-refractivity contribution in [1.82, 2.24) is 9.97 Å². The van der Waals surface area contributed by atoms with Crippen molar-refractivity contribution in [3.8, 4) is 5.88 Å². The lowest BCUT2D eigenvalue weighted by atomic mass is 9.90. The van der Waals surface area contributed by atoms with E-state index in [4.69, 9.17) is 5.73 Å². The third-order valence-corrected chi connectivity index (χ3v) is 4.77. The minimum absolute atomic E-state index is 0.0531. The number of alkyl halides is 3. The first-order valence-electron chi connectivity index (χ1n) is 8.59. The van der Waals surface area contributed by atoms with Crippen LogP contribution >= 0.6 is 11.8 Å². The quantitative estimate of drug-likeness (QED) is 0.543. The summed E-state index contributed by atoms with van der Waals surface area (Å²) in [7, 11) is 0. The van der Waals surface area contributed by atoms with Gasteiger partial charge in [-0.3, -0.25) is 4.79 Å². The number of nitrogens with zero attached hydrogens (tertiary/aromatic N) is 3. The van der Waals surface area contributed by atoms with Gasteiger partial charge in [0.2, 0.25) is 5.88 Å². The number of benzene rings is 1. The van der Waals surface area contributed by atoms with E-state index in [1.165, 1.54) is 30.0 Å². The number of amidine groups is 1. The second-order valence-corrected chi connectivity index (χ2v) is 7.50. The Morgan fingerprint density at radius 3 is 2.67 bits per heavy atom. The Labute approximate surface area is 173 Å². The lowest BCUT2D eigenvalue weighted by molar-refractivity contribution is -0.154. The first kappa shape index (κ1) is 21.8. The number of nitrogens with two attached hydrogens (primary N) is 1. The fourth-order valence-corrected chi connectivity index (χ4v) is 3.43. The van der Waals surface area contributed by atoms with Crippen molar-refractivity contribution in [3.05, 3.63) is 64.7 Å². The third-order valence-electron chi connectivity index (χ3n) is 4.16. The molecule has 0 aliphatic carbocycles. The van der Waals surface area contributed by atoms with Crippen LogP contribution in [-0.4, -0.2) is 33.7 Å². The summed E-state index contributed by atoms with van der Waals surface area (Å²) in [6.07, 6.45) is -0.931. The van der Waals surface area contributed by atoms with Gasteiger partial charge in [-0.2, -0.15) is 13.2 Å². The molecule has 30 heavy (non-hydrogen) atoms. The number of carbonyl (C=O) groups excluding carboxylic acids is 1. The van der Waals surface area contributed by atoms with Gasteiger partial charge < -0.3 is 10.5 Å². The van der Waals surface area contributed by atoms with Gasteiger partial charge in [-0.1, -0.05) is 17.8 Å². The van der Waals surface area contributed by atoms with Gasteiger partial charge in [-0.25, -0.2) is 19.4 Å². The second-order valence-electron chi connectivity index (χ2n) is 6.58. The van der Waals surface area contributed by atoms with Gasteiger partial charge in [-0.15, -0.1) is 0 Å². The van der Waals surface area contributed by atoms with Crippen molar-refractivity contribution >= 4 is 22.7 Å². The highest BCUT2D eigenvalue weighted by molar-refractivity contribution is 8.16. The van der Waals surface area contributed by atoms with Crippen LogP contribution in [0.3, 0.4) is 0 Å². The van der Waals surface area contributed by atoms with Crippen molar-refractivity contribution < 1.29 is 27.1 Å². The number of hydrogen-bond donors (Lipinski definition) is 1. The maximum atomic E-state index is 14.4. The minimum Gasteiger partial charge on any atom is -0.467 e. The molecule has 1 atom stereocenters. The molecule has 1 aromatic heterocycles. The molecule has 0 spiro atoms. The molecule has 2 heterocycles. The van der Waals surface area contributed by atoms with Crippen molar-refractivity contribution in [2.24, 2.45) is 10.7 Å². The van der Waals surface area contributed by atoms with Crippen LogP contribution in [0.2, 0.25) is 0 Å². The number of halogens is 4. The van der Waals surface area contributed by atoms with E-state index >= 15 is 0 Å². The molecule has 6 nitrogen and oxygen atoms in total. The van der Waals surface area contributed by atoms with E-state index in [0.717, 1.165) is 12.4 Å². The molecule has 1 aromatic carbocycles. The summed E-state index contributed by atoms with van der Waals surface area (Å²) in [6, 6.07) is 4.23. The monoisotopic (exact) mass is 440 g/mol. The number of rotatable bonds is 6. The number of aliphatic imine (C=N–C) groups is 1. The lowest BCUT2D eigenvalue weighted by Crippen LogP contribution is -2.25. The molecule has 11 heteroatoms. The molecule has 0 unspecified atom stereocenters. The molecule has 2 aromatic rings. The average molecular weight is 440 g/mol. The summed E-state index contributed by atoms with van der Waals surface area (Å²) < 4.78 is 55.4. The van der Waals surface area contributed by atoms with E-state index in [0.29, 0.717) is 10.7 Å². The van der Waals surface area contributed by atoms with Crippen LogP contribution in [0.4, 0.5) is 17.6 Å². The minimum atomic E-state index is -4.51. The van der Waals surface area contributed by atoms with Gasteiger partial charge in [0.05, 0.1) is 12.4 Å². The van der Waals surface area contributed by atoms with Crippen LogP contribution < -0.4 is 10.5 Å². The molecule has 1 aliphatic heterocycles. The molecule has 2 N–H and O–H groups in total. The summed E-state index contributed by atoms with van der Waals surface area (Å²) in [4.78, 5) is 24.2. The number of hydrogen-bond acceptors (Lipinski definition) is 7. The molecule has 0 bridgehead atoms. The average Bonchev–Trinajstić information content (AvgIpc) is 2.67. The molecular formula is C19H16F4N4O2S. The van der Waals surface area contributed by atoms with Crippen LogP contribution in [0.5, 0.6) is 5.88 Å². The Morgan fingerprint density at radius 2 is 2.03 bits per heavy atom. The fraction of sp³-hybridized carbons (Fsp3) is 0.263. The molecule has 0 saturated heterocycles. The fourth-order valence-electron chi connectivity index (χ4n) is 2.72. The molecular weight excluding hydrogens is 424 g/mol. The maximum absolute atomic E-state index is 14.4. The predicted octanol–water partition coefficient (Wildman–Crippen LogP) is 3.77. The van der Waals surface area contributed by atoms with Crippen molar-refractivity contribution in [1.29, 1.82) is 0 Å². The number of aromatic nitrogens is 2. The summed E-state index contributed by atoms with van der Waals surface area (Å²) in [5, 5.41) is 2.02. The standard InChI is InChI=1S/C19H16F4N4O2S/c1-18(4-5-30-17(24)27-18)12-6-11(2-3-13(12)20)7-15(28)14-8-26-16(9-25-14)29-10-19(21,22)23/h2-6,8-9H,7,10H2,1H3,(H2,24,27)/t18-/m0/s1. The molecule has 158 valence electrons. The summed E-state index contributed by atoms with van der Waals surface area (Å²) in [5.74, 6) is -1.28. The zero-order valence-corrected chi connectivity index (χ0v) is 16.4. The molecule has 1 aliphatic rings. The Kier molecular flexibility index (Phi) is 6.11. The predicted molar refractivity (Wildman–Crippen MR) is 104 cm³/mol. The smallest absolute Gasteiger partial charge is 0.422 e. The number of ether oxygens (including phenoxy) is 1. The van der Waals surface area contributed by atoms with Gasteiger partial charge in [0.1, 0.15) is 17.1 Å². The lowest BCUT2D eigenvalue weighted by Gasteiger charge is -2.26. The Morgan fingerprint density at radius 1 is 1.27 bits per heavy atom. The number of Topliss-reactive ketones (excluding diaryl/α,β-unsaturated/α-hetero) is 1. The van der Waals surface area contributed by atoms with Crippen molar-refractivity contribution in [2.75, 3.05) is 6.61 Å². The van der Waals surface area contributed by atoms with Crippen LogP contribution in [0.15, 0.2) is 47.1 Å². The Balaban J connectivity index is 1.74. The zero-order chi connectivity index (χ0) is 21.9. The summed E-state index contributed by atoms with van der Waals surface area (Å²) in [5.41, 5.74) is 5.46. The van der Waals surface area contributed by atoms with E-state index in [-0.39, 0.29) is 23.6 Å². The third kappa shape index (κ3) is 5.35. The number of ketones is 1. The van der Waals surface area contributed by atoms with Gasteiger partial charge in [-0.05, 0) is 36.1 Å². The largest absolute Gasteiger partial charge is 0.467 e. The van der Waals surface area contributed by atoms with Crippen LogP contribution in [0, 0.1) is 5.82 Å². The molecule has 0 fully saturated rings. The van der Waals surface area contributed by atoms with Gasteiger partial charge in [0.25, 0.3) is 0 Å². The van der Waals surface area contributed by atoms with Crippen LogP contribution in [0.25, 0.3) is 0 Å². The highest BCUT2D eigenvalue weighted by Gasteiger charge is 2.30. The summed E-state index contributed by atoms with van der Waals surface area (Å²) >= 11 is 1.22. The maximum Gasteiger partial charge on any atom is 0.422 e. The number of thioether (sulfide) groups is 1. The van der Waals surface area contributed by atoms with E-state index < -0.39 is 29.9 Å². The molecule has 0 amide bonds. The van der Waals surface area contributed by atoms with Crippen LogP contribution in [0.1, 0.15) is 28.5 Å². The molecule has 0 saturated carbocycles. The zero-order valence-electron chi connectivity index (χ0n) is 15.6. The Bertz CT molecular complexity index is 1010. The molecule has 0 radical (unpaired) electrons. The first-order chi connectivity index (χ1) is 14.1. The Hall–Kier alpha value is -2.95. The topological polar surface area (TPSA) is 90.5 Å². The van der Waals surface area contributed by atoms with Gasteiger partial charge in [0, 0.05) is 12.0 Å². The highest BCUT2D eigenvalue weighted by atomic mass is 32.2. The van der Waals surface area contributed by atoms with Crippen molar-refractivity contribution in [3.63, 3.8) is 0 Å². The van der Waals surface area contributed by atoms with Crippen LogP contribution in [-0.2, 0) is 12.0 Å².